The molecular formula is C11H20O4. The molecule has 1 unspecified atom stereocenters. The van der Waals surface area contributed by atoms with Crippen LogP contribution < -0.4 is 0 Å². The summed E-state index contributed by atoms with van der Waals surface area (Å²) in [5, 5.41) is 18.6. The summed E-state index contributed by atoms with van der Waals surface area (Å²) in [5.74, 6) is -0.620. The van der Waals surface area contributed by atoms with Crippen molar-refractivity contribution >= 4 is 5.97 Å². The van der Waals surface area contributed by atoms with Crippen molar-refractivity contribution in [3.63, 3.8) is 0 Å². The molecule has 0 rings (SSSR count). The van der Waals surface area contributed by atoms with Crippen LogP contribution in [0.15, 0.2) is 12.7 Å². The van der Waals surface area contributed by atoms with Crippen LogP contribution in [0.5, 0.6) is 0 Å². The Labute approximate surface area is 90.6 Å². The van der Waals surface area contributed by atoms with Crippen molar-refractivity contribution in [1.82, 2.24) is 0 Å². The van der Waals surface area contributed by atoms with Crippen molar-refractivity contribution < 1.29 is 19.7 Å². The van der Waals surface area contributed by atoms with E-state index in [1.165, 1.54) is 0 Å². The lowest BCUT2D eigenvalue weighted by Crippen LogP contribution is -2.19. The van der Waals surface area contributed by atoms with Gasteiger partial charge in [-0.15, -0.1) is 0 Å². The van der Waals surface area contributed by atoms with Gasteiger partial charge in [0.1, 0.15) is 0 Å². The molecule has 4 heteroatoms. The molecule has 88 valence electrons. The number of ether oxygens (including phenoxy) is 1. The SMILES string of the molecule is C=CC(=O)OC(O)CCCCC(C)(C)O. The van der Waals surface area contributed by atoms with E-state index in [4.69, 9.17) is 0 Å². The van der Waals surface area contributed by atoms with Crippen molar-refractivity contribution in [3.05, 3.63) is 12.7 Å². The van der Waals surface area contributed by atoms with Crippen molar-refractivity contribution in [2.45, 2.75) is 51.4 Å². The Kier molecular flexibility index (Phi) is 6.20. The average molecular weight is 216 g/mol. The highest BCUT2D eigenvalue weighted by molar-refractivity contribution is 5.81. The Balaban J connectivity index is 3.51. The van der Waals surface area contributed by atoms with Gasteiger partial charge in [-0.2, -0.15) is 0 Å². The maximum atomic E-state index is 10.7. The minimum atomic E-state index is -1.07. The van der Waals surface area contributed by atoms with Gasteiger partial charge in [-0.25, -0.2) is 4.79 Å². The topological polar surface area (TPSA) is 66.8 Å². The average Bonchev–Trinajstić information content (AvgIpc) is 2.11. The van der Waals surface area contributed by atoms with Crippen molar-refractivity contribution in [3.8, 4) is 0 Å². The van der Waals surface area contributed by atoms with E-state index in [9.17, 15) is 15.0 Å². The molecule has 0 heterocycles. The zero-order chi connectivity index (χ0) is 11.9. The summed E-state index contributed by atoms with van der Waals surface area (Å²) < 4.78 is 4.57. The number of hydrogen-bond donors (Lipinski definition) is 2. The molecule has 1 atom stereocenters. The van der Waals surface area contributed by atoms with Crippen LogP contribution in [-0.2, 0) is 9.53 Å². The summed E-state index contributed by atoms with van der Waals surface area (Å²) >= 11 is 0. The lowest BCUT2D eigenvalue weighted by Gasteiger charge is -2.17. The highest BCUT2D eigenvalue weighted by Crippen LogP contribution is 2.14. The van der Waals surface area contributed by atoms with Crippen LogP contribution in [0.3, 0.4) is 0 Å². The van der Waals surface area contributed by atoms with E-state index < -0.39 is 17.9 Å². The van der Waals surface area contributed by atoms with E-state index in [1.54, 1.807) is 13.8 Å². The number of unbranched alkanes of at least 4 members (excludes halogenated alkanes) is 1. The first kappa shape index (κ1) is 14.1. The van der Waals surface area contributed by atoms with E-state index >= 15 is 0 Å². The second kappa shape index (κ2) is 6.58. The molecule has 0 aromatic heterocycles. The lowest BCUT2D eigenvalue weighted by molar-refractivity contribution is -0.162. The highest BCUT2D eigenvalue weighted by atomic mass is 16.6. The maximum Gasteiger partial charge on any atom is 0.332 e. The number of carbonyl (C=O) groups is 1. The summed E-state index contributed by atoms with van der Waals surface area (Å²) in [4.78, 5) is 10.7. The summed E-state index contributed by atoms with van der Waals surface area (Å²) in [6, 6.07) is 0. The Hall–Kier alpha value is -0.870. The van der Waals surface area contributed by atoms with Crippen LogP contribution in [0, 0.1) is 0 Å². The van der Waals surface area contributed by atoms with E-state index in [0.29, 0.717) is 19.3 Å². The van der Waals surface area contributed by atoms with Crippen molar-refractivity contribution in [2.24, 2.45) is 0 Å². The van der Waals surface area contributed by atoms with E-state index in [-0.39, 0.29) is 0 Å². The van der Waals surface area contributed by atoms with Gasteiger partial charge >= 0.3 is 5.97 Å². The van der Waals surface area contributed by atoms with Gasteiger partial charge in [-0.05, 0) is 26.7 Å². The molecule has 0 aliphatic rings. The molecule has 0 saturated carbocycles. The number of rotatable bonds is 7. The Morgan fingerprint density at radius 1 is 1.53 bits per heavy atom. The van der Waals surface area contributed by atoms with Gasteiger partial charge in [0.25, 0.3) is 0 Å². The fourth-order valence-corrected chi connectivity index (χ4v) is 1.12. The molecule has 0 fully saturated rings. The predicted octanol–water partition coefficient (Wildman–Crippen LogP) is 1.37. The van der Waals surface area contributed by atoms with Crippen LogP contribution in [-0.4, -0.2) is 28.1 Å². The number of carbonyl (C=O) groups excluding carboxylic acids is 1. The van der Waals surface area contributed by atoms with Gasteiger partial charge in [-0.3, -0.25) is 0 Å². The smallest absolute Gasteiger partial charge is 0.332 e. The quantitative estimate of drug-likeness (QED) is 0.292. The van der Waals surface area contributed by atoms with Crippen molar-refractivity contribution in [1.29, 1.82) is 0 Å². The van der Waals surface area contributed by atoms with Gasteiger partial charge in [-0.1, -0.05) is 13.0 Å². The van der Waals surface area contributed by atoms with E-state index in [1.807, 2.05) is 0 Å². The fraction of sp³-hybridized carbons (Fsp3) is 0.727. The molecule has 2 N–H and O–H groups in total. The van der Waals surface area contributed by atoms with Crippen LogP contribution in [0.2, 0.25) is 0 Å². The Bertz CT molecular complexity index is 205. The Morgan fingerprint density at radius 3 is 2.60 bits per heavy atom. The summed E-state index contributed by atoms with van der Waals surface area (Å²) in [6.45, 7) is 6.70. The third-order valence-corrected chi connectivity index (χ3v) is 1.91. The van der Waals surface area contributed by atoms with Crippen LogP contribution in [0.4, 0.5) is 0 Å². The maximum absolute atomic E-state index is 10.7. The van der Waals surface area contributed by atoms with Crippen LogP contribution in [0.1, 0.15) is 39.5 Å². The minimum Gasteiger partial charge on any atom is -0.433 e. The van der Waals surface area contributed by atoms with E-state index in [0.717, 1.165) is 12.5 Å². The number of aliphatic hydroxyl groups excluding tert-OH is 1. The third-order valence-electron chi connectivity index (χ3n) is 1.91. The molecule has 0 aromatic rings. The second-order valence-electron chi connectivity index (χ2n) is 4.15. The molecule has 0 aliphatic carbocycles. The van der Waals surface area contributed by atoms with Crippen LogP contribution in [0.25, 0.3) is 0 Å². The first-order chi connectivity index (χ1) is 6.85. The van der Waals surface area contributed by atoms with Gasteiger partial charge in [0, 0.05) is 12.5 Å². The molecule has 15 heavy (non-hydrogen) atoms. The monoisotopic (exact) mass is 216 g/mol. The standard InChI is InChI=1S/C11H20O4/c1-4-9(12)15-10(13)7-5-6-8-11(2,3)14/h4,10,13-14H,1,5-8H2,2-3H3. The largest absolute Gasteiger partial charge is 0.433 e. The van der Waals surface area contributed by atoms with Gasteiger partial charge in [0.15, 0.2) is 0 Å². The van der Waals surface area contributed by atoms with Gasteiger partial charge in [0.2, 0.25) is 6.29 Å². The molecule has 0 saturated heterocycles. The zero-order valence-electron chi connectivity index (χ0n) is 9.40. The first-order valence-corrected chi connectivity index (χ1v) is 5.08. The summed E-state index contributed by atoms with van der Waals surface area (Å²) in [5.41, 5.74) is -0.678. The minimum absolute atomic E-state index is 0.385. The number of esters is 1. The Morgan fingerprint density at radius 2 is 2.13 bits per heavy atom. The molecule has 0 aromatic carbocycles. The highest BCUT2D eigenvalue weighted by Gasteiger charge is 2.13. The number of hydrogen-bond acceptors (Lipinski definition) is 4. The fourth-order valence-electron chi connectivity index (χ4n) is 1.12. The summed E-state index contributed by atoms with van der Waals surface area (Å²) in [6.07, 6.45) is 2.48. The van der Waals surface area contributed by atoms with Gasteiger partial charge in [0.05, 0.1) is 5.60 Å². The molecule has 0 spiro atoms. The number of aliphatic hydroxyl groups is 2. The van der Waals surface area contributed by atoms with Gasteiger partial charge < -0.3 is 14.9 Å². The first-order valence-electron chi connectivity index (χ1n) is 5.08. The molecule has 0 aliphatic heterocycles. The second-order valence-corrected chi connectivity index (χ2v) is 4.15. The normalized spacial score (nSPS) is 13.3. The predicted molar refractivity (Wildman–Crippen MR) is 57.1 cm³/mol. The van der Waals surface area contributed by atoms with Crippen molar-refractivity contribution in [2.75, 3.05) is 0 Å². The molecule has 4 nitrogen and oxygen atoms in total. The molecule has 0 amide bonds. The molecule has 0 radical (unpaired) electrons. The molecule has 0 bridgehead atoms. The van der Waals surface area contributed by atoms with E-state index in [2.05, 4.69) is 11.3 Å². The lowest BCUT2D eigenvalue weighted by atomic mass is 10.0. The molecular weight excluding hydrogens is 196 g/mol. The van der Waals surface area contributed by atoms with Crippen LogP contribution >= 0.6 is 0 Å². The summed E-state index contributed by atoms with van der Waals surface area (Å²) in [7, 11) is 0. The third kappa shape index (κ3) is 9.43. The zero-order valence-corrected chi connectivity index (χ0v) is 9.40.